The first kappa shape index (κ1) is 28.5. The summed E-state index contributed by atoms with van der Waals surface area (Å²) in [5, 5.41) is 10.8. The zero-order valence-electron chi connectivity index (χ0n) is 24.3. The Kier molecular flexibility index (Phi) is 7.85. The fourth-order valence-electron chi connectivity index (χ4n) is 6.52. The predicted molar refractivity (Wildman–Crippen MR) is 155 cm³/mol. The summed E-state index contributed by atoms with van der Waals surface area (Å²) in [6.07, 6.45) is 2.31. The molecule has 3 aromatic carbocycles. The van der Waals surface area contributed by atoms with Gasteiger partial charge in [-0.3, -0.25) is 4.79 Å². The molecule has 2 heterocycles. The van der Waals surface area contributed by atoms with Crippen LogP contribution in [0.5, 0.6) is 17.2 Å². The largest absolute Gasteiger partial charge is 0.492 e. The zero-order valence-corrected chi connectivity index (χ0v) is 24.3. The van der Waals surface area contributed by atoms with Crippen molar-refractivity contribution < 1.29 is 38.0 Å². The minimum atomic E-state index is -0.874. The highest BCUT2D eigenvalue weighted by Gasteiger charge is 2.33. The number of halogens is 1. The van der Waals surface area contributed by atoms with Gasteiger partial charge in [0.15, 0.2) is 0 Å². The fourth-order valence-corrected chi connectivity index (χ4v) is 6.52. The van der Waals surface area contributed by atoms with Crippen LogP contribution in [0.1, 0.15) is 65.5 Å². The molecule has 0 radical (unpaired) electrons. The van der Waals surface area contributed by atoms with Gasteiger partial charge in [0.2, 0.25) is 0 Å². The first-order valence-corrected chi connectivity index (χ1v) is 14.6. The number of hydrogen-bond donors (Lipinski definition) is 1. The van der Waals surface area contributed by atoms with Crippen molar-refractivity contribution in [3.8, 4) is 28.4 Å². The van der Waals surface area contributed by atoms with E-state index in [9.17, 15) is 9.90 Å². The van der Waals surface area contributed by atoms with Gasteiger partial charge in [-0.15, -0.1) is 0 Å². The third-order valence-corrected chi connectivity index (χ3v) is 8.77. The summed E-state index contributed by atoms with van der Waals surface area (Å²) in [6, 6.07) is 13.0. The van der Waals surface area contributed by atoms with Crippen molar-refractivity contribution in [3.63, 3.8) is 0 Å². The van der Waals surface area contributed by atoms with Crippen LogP contribution in [-0.2, 0) is 20.7 Å². The Morgan fingerprint density at radius 3 is 2.57 bits per heavy atom. The molecule has 1 N–H and O–H groups in total. The van der Waals surface area contributed by atoms with Crippen molar-refractivity contribution in [1.29, 1.82) is 0 Å². The normalized spacial score (nSPS) is 20.4. The van der Waals surface area contributed by atoms with Gasteiger partial charge in [0.25, 0.3) is 0 Å². The summed E-state index contributed by atoms with van der Waals surface area (Å²) in [5.74, 6) is 1.41. The van der Waals surface area contributed by atoms with Crippen LogP contribution in [0, 0.1) is 19.7 Å². The fraction of sp³-hybridized carbons (Fsp3) is 0.441. The third kappa shape index (κ3) is 5.57. The Morgan fingerprint density at radius 2 is 1.83 bits per heavy atom. The Labute approximate surface area is 245 Å². The van der Waals surface area contributed by atoms with Gasteiger partial charge in [0, 0.05) is 49.2 Å². The van der Waals surface area contributed by atoms with E-state index in [0.29, 0.717) is 68.3 Å². The minimum Gasteiger partial charge on any atom is -0.492 e. The summed E-state index contributed by atoms with van der Waals surface area (Å²) < 4.78 is 43.7. The second kappa shape index (κ2) is 11.6. The lowest BCUT2D eigenvalue weighted by Gasteiger charge is -2.31. The van der Waals surface area contributed by atoms with E-state index in [4.69, 9.17) is 23.7 Å². The van der Waals surface area contributed by atoms with E-state index in [0.717, 1.165) is 33.4 Å². The average molecular weight is 577 g/mol. The van der Waals surface area contributed by atoms with Crippen LogP contribution >= 0.6 is 0 Å². The maximum atomic E-state index is 15.3. The Bertz CT molecular complexity index is 1470. The highest BCUT2D eigenvalue weighted by atomic mass is 19.1. The number of fused-ring (bicyclic) bond motifs is 2. The van der Waals surface area contributed by atoms with Crippen LogP contribution < -0.4 is 14.2 Å². The van der Waals surface area contributed by atoms with Gasteiger partial charge in [-0.2, -0.15) is 0 Å². The van der Waals surface area contributed by atoms with E-state index < -0.39 is 11.7 Å². The summed E-state index contributed by atoms with van der Waals surface area (Å²) in [7, 11) is 1.38. The summed E-state index contributed by atoms with van der Waals surface area (Å²) >= 11 is 0. The number of methoxy groups -OCH3 is 1. The van der Waals surface area contributed by atoms with Crippen molar-refractivity contribution in [2.24, 2.45) is 0 Å². The van der Waals surface area contributed by atoms with E-state index in [1.807, 2.05) is 50.2 Å². The van der Waals surface area contributed by atoms with Gasteiger partial charge in [-0.1, -0.05) is 12.1 Å². The lowest BCUT2D eigenvalue weighted by atomic mass is 9.90. The quantitative estimate of drug-likeness (QED) is 0.323. The highest BCUT2D eigenvalue weighted by Crippen LogP contribution is 2.45. The Hall–Kier alpha value is -3.62. The topological polar surface area (TPSA) is 83.5 Å². The van der Waals surface area contributed by atoms with E-state index in [1.54, 1.807) is 0 Å². The number of ether oxygens (including phenoxy) is 5. The van der Waals surface area contributed by atoms with Crippen molar-refractivity contribution >= 4 is 5.97 Å². The van der Waals surface area contributed by atoms with Crippen LogP contribution in [0.3, 0.4) is 0 Å². The van der Waals surface area contributed by atoms with E-state index >= 15 is 4.39 Å². The van der Waals surface area contributed by atoms with E-state index in [2.05, 4.69) is 0 Å². The molecule has 1 saturated heterocycles. The SMILES string of the molecule is COC(=O)CC1COc2cc(O[C@@H]3CCc4c(-c5c(C)cc(OCC6(O)CCOCC6)cc5C)ccc(F)c43)ccc21. The molecule has 222 valence electrons. The molecule has 1 unspecified atom stereocenters. The highest BCUT2D eigenvalue weighted by molar-refractivity contribution is 5.76. The minimum absolute atomic E-state index is 0.0522. The molecule has 0 aromatic heterocycles. The van der Waals surface area contributed by atoms with Crippen molar-refractivity contribution in [1.82, 2.24) is 0 Å². The maximum absolute atomic E-state index is 15.3. The van der Waals surface area contributed by atoms with Gasteiger partial charge in [0.05, 0.1) is 20.1 Å². The second-order valence-electron chi connectivity index (χ2n) is 11.7. The molecule has 2 aliphatic heterocycles. The molecule has 0 saturated carbocycles. The molecular formula is C34H37FO7. The Morgan fingerprint density at radius 1 is 1.07 bits per heavy atom. The molecule has 1 aliphatic carbocycles. The number of aliphatic hydroxyl groups is 1. The molecule has 1 fully saturated rings. The molecule has 8 heteroatoms. The average Bonchev–Trinajstić information content (AvgIpc) is 3.58. The second-order valence-corrected chi connectivity index (χ2v) is 11.7. The zero-order chi connectivity index (χ0) is 29.4. The monoisotopic (exact) mass is 576 g/mol. The Balaban J connectivity index is 1.22. The number of esters is 1. The number of aryl methyl sites for hydroxylation is 2. The number of benzene rings is 3. The number of hydrogen-bond acceptors (Lipinski definition) is 7. The smallest absolute Gasteiger partial charge is 0.306 e. The molecule has 0 amide bonds. The lowest BCUT2D eigenvalue weighted by molar-refractivity contribution is -0.141. The first-order chi connectivity index (χ1) is 20.2. The summed E-state index contributed by atoms with van der Waals surface area (Å²) in [4.78, 5) is 11.8. The van der Waals surface area contributed by atoms with Crippen LogP contribution in [0.4, 0.5) is 4.39 Å². The van der Waals surface area contributed by atoms with Gasteiger partial charge < -0.3 is 28.8 Å². The molecule has 42 heavy (non-hydrogen) atoms. The summed E-state index contributed by atoms with van der Waals surface area (Å²) in [5.41, 5.74) is 5.76. The molecule has 0 bridgehead atoms. The van der Waals surface area contributed by atoms with E-state index in [1.165, 1.54) is 13.2 Å². The van der Waals surface area contributed by atoms with Gasteiger partial charge in [0.1, 0.15) is 41.4 Å². The molecular weight excluding hydrogens is 539 g/mol. The van der Waals surface area contributed by atoms with Crippen molar-refractivity contribution in [2.45, 2.75) is 63.6 Å². The molecule has 3 aromatic rings. The first-order valence-electron chi connectivity index (χ1n) is 14.6. The van der Waals surface area contributed by atoms with Gasteiger partial charge in [-0.25, -0.2) is 4.39 Å². The molecule has 3 aliphatic rings. The summed E-state index contributed by atoms with van der Waals surface area (Å²) in [6.45, 7) is 5.78. The van der Waals surface area contributed by atoms with Crippen LogP contribution in [0.2, 0.25) is 0 Å². The molecule has 7 nitrogen and oxygen atoms in total. The maximum Gasteiger partial charge on any atom is 0.306 e. The molecule has 0 spiro atoms. The number of rotatable bonds is 8. The van der Waals surface area contributed by atoms with E-state index in [-0.39, 0.29) is 30.7 Å². The predicted octanol–water partition coefficient (Wildman–Crippen LogP) is 6.14. The molecule has 6 rings (SSSR count). The number of carbonyl (C=O) groups is 1. The van der Waals surface area contributed by atoms with Gasteiger partial charge >= 0.3 is 5.97 Å². The standard InChI is InChI=1S/C34H37FO7/c1-20-14-24(41-19-34(37)10-12-39-13-11-34)15-21(2)32(20)26-6-8-28(35)33-27(26)7-9-29(33)42-23-4-5-25-22(16-31(36)38-3)18-40-30(25)17-23/h4-6,8,14-15,17,22,29,37H,7,9-13,16,18-19H2,1-3H3/t22?,29-/m1/s1. The van der Waals surface area contributed by atoms with Crippen molar-refractivity contribution in [2.75, 3.05) is 33.5 Å². The molecule has 2 atom stereocenters. The van der Waals surface area contributed by atoms with Crippen LogP contribution in [0.25, 0.3) is 11.1 Å². The lowest BCUT2D eigenvalue weighted by Crippen LogP contribution is -2.41. The van der Waals surface area contributed by atoms with Crippen LogP contribution in [0.15, 0.2) is 42.5 Å². The van der Waals surface area contributed by atoms with Crippen molar-refractivity contribution in [3.05, 3.63) is 76.1 Å². The van der Waals surface area contributed by atoms with Crippen LogP contribution in [-0.4, -0.2) is 50.2 Å². The third-order valence-electron chi connectivity index (χ3n) is 8.77. The van der Waals surface area contributed by atoms with Gasteiger partial charge in [-0.05, 0) is 78.8 Å². The number of carbonyl (C=O) groups excluding carboxylic acids is 1.